The summed E-state index contributed by atoms with van der Waals surface area (Å²) in [6.45, 7) is 5.97. The normalized spacial score (nSPS) is 19.5. The topological polar surface area (TPSA) is 61.8 Å². The van der Waals surface area contributed by atoms with Crippen LogP contribution in [0.3, 0.4) is 0 Å². The van der Waals surface area contributed by atoms with E-state index in [1.54, 1.807) is 0 Å². The van der Waals surface area contributed by atoms with Crippen LogP contribution in [0.4, 0.5) is 0 Å². The van der Waals surface area contributed by atoms with Gasteiger partial charge in [-0.25, -0.2) is 0 Å². The van der Waals surface area contributed by atoms with E-state index < -0.39 is 0 Å². The van der Waals surface area contributed by atoms with Gasteiger partial charge in [-0.1, -0.05) is 25.1 Å². The Morgan fingerprint density at radius 1 is 1.43 bits per heavy atom. The molecule has 0 spiro atoms. The molecule has 1 saturated heterocycles. The van der Waals surface area contributed by atoms with E-state index in [0.29, 0.717) is 13.2 Å². The lowest BCUT2D eigenvalue weighted by molar-refractivity contribution is -0.123. The lowest BCUT2D eigenvalue weighted by Gasteiger charge is -2.25. The number of hydrogen-bond donors (Lipinski definition) is 2. The molecule has 0 aromatic heterocycles. The minimum atomic E-state index is -0.0552. The van der Waals surface area contributed by atoms with Crippen molar-refractivity contribution in [1.29, 1.82) is 0 Å². The predicted octanol–water partition coefficient (Wildman–Crippen LogP) is 2.11. The quantitative estimate of drug-likeness (QED) is 0.770. The van der Waals surface area contributed by atoms with Crippen LogP contribution in [0, 0.1) is 0 Å². The van der Waals surface area contributed by atoms with Gasteiger partial charge in [0.15, 0.2) is 0 Å². The standard InChI is InChI=1S/C18H28N2O3/c1-3-16(15-9-5-6-10-17(15)23-4-2)19-18(22)12-20-11-7-8-14(20)13-21/h5-6,9-10,14,16,21H,3-4,7-8,11-13H2,1-2H3,(H,19,22). The summed E-state index contributed by atoms with van der Waals surface area (Å²) < 4.78 is 5.67. The van der Waals surface area contributed by atoms with Gasteiger partial charge < -0.3 is 15.2 Å². The first kappa shape index (κ1) is 17.8. The van der Waals surface area contributed by atoms with Gasteiger partial charge in [-0.05, 0) is 38.8 Å². The van der Waals surface area contributed by atoms with Crippen molar-refractivity contribution in [1.82, 2.24) is 10.2 Å². The number of ether oxygens (including phenoxy) is 1. The fourth-order valence-corrected chi connectivity index (χ4v) is 3.19. The molecule has 0 saturated carbocycles. The summed E-state index contributed by atoms with van der Waals surface area (Å²) in [4.78, 5) is 14.5. The highest BCUT2D eigenvalue weighted by molar-refractivity contribution is 5.78. The van der Waals surface area contributed by atoms with E-state index >= 15 is 0 Å². The summed E-state index contributed by atoms with van der Waals surface area (Å²) in [6.07, 6.45) is 2.82. The Balaban J connectivity index is 2.00. The molecule has 0 aliphatic carbocycles. The number of amides is 1. The van der Waals surface area contributed by atoms with Gasteiger partial charge in [0, 0.05) is 11.6 Å². The Kier molecular flexibility index (Phi) is 6.86. The lowest BCUT2D eigenvalue weighted by atomic mass is 10.0. The highest BCUT2D eigenvalue weighted by Gasteiger charge is 2.26. The molecule has 23 heavy (non-hydrogen) atoms. The van der Waals surface area contributed by atoms with Crippen molar-refractivity contribution in [3.63, 3.8) is 0 Å². The smallest absolute Gasteiger partial charge is 0.234 e. The molecule has 1 aromatic carbocycles. The van der Waals surface area contributed by atoms with Crippen molar-refractivity contribution >= 4 is 5.91 Å². The lowest BCUT2D eigenvalue weighted by Crippen LogP contribution is -2.42. The minimum absolute atomic E-state index is 0.00324. The molecule has 2 atom stereocenters. The van der Waals surface area contributed by atoms with Gasteiger partial charge in [-0.3, -0.25) is 9.69 Å². The van der Waals surface area contributed by atoms with Crippen molar-refractivity contribution in [2.75, 3.05) is 26.3 Å². The number of rotatable bonds is 8. The molecule has 1 aliphatic rings. The van der Waals surface area contributed by atoms with E-state index in [4.69, 9.17) is 4.74 Å². The van der Waals surface area contributed by atoms with Crippen LogP contribution in [-0.2, 0) is 4.79 Å². The van der Waals surface area contributed by atoms with E-state index in [1.807, 2.05) is 31.2 Å². The summed E-state index contributed by atoms with van der Waals surface area (Å²) in [6, 6.07) is 7.92. The Morgan fingerprint density at radius 2 is 2.22 bits per heavy atom. The van der Waals surface area contributed by atoms with Crippen LogP contribution in [0.5, 0.6) is 5.75 Å². The molecule has 1 fully saturated rings. The summed E-state index contributed by atoms with van der Waals surface area (Å²) in [5, 5.41) is 12.5. The molecular formula is C18H28N2O3. The summed E-state index contributed by atoms with van der Waals surface area (Å²) in [5.41, 5.74) is 1.02. The fraction of sp³-hybridized carbons (Fsp3) is 0.611. The molecule has 0 bridgehead atoms. The molecule has 2 N–H and O–H groups in total. The Morgan fingerprint density at radius 3 is 2.91 bits per heavy atom. The van der Waals surface area contributed by atoms with Gasteiger partial charge in [0.2, 0.25) is 5.91 Å². The third-order valence-electron chi connectivity index (χ3n) is 4.39. The van der Waals surface area contributed by atoms with Gasteiger partial charge in [0.25, 0.3) is 0 Å². The monoisotopic (exact) mass is 320 g/mol. The van der Waals surface area contributed by atoms with Gasteiger partial charge in [0.05, 0.1) is 25.8 Å². The van der Waals surface area contributed by atoms with Crippen molar-refractivity contribution in [3.8, 4) is 5.75 Å². The highest BCUT2D eigenvalue weighted by Crippen LogP contribution is 2.27. The van der Waals surface area contributed by atoms with E-state index in [9.17, 15) is 9.90 Å². The summed E-state index contributed by atoms with van der Waals surface area (Å²) in [7, 11) is 0. The van der Waals surface area contributed by atoms with Crippen LogP contribution >= 0.6 is 0 Å². The maximum atomic E-state index is 12.4. The van der Waals surface area contributed by atoms with Crippen LogP contribution in [0.25, 0.3) is 0 Å². The molecule has 2 rings (SSSR count). The second-order valence-electron chi connectivity index (χ2n) is 5.95. The number of benzene rings is 1. The number of para-hydroxylation sites is 1. The number of nitrogens with one attached hydrogen (secondary N) is 1. The van der Waals surface area contributed by atoms with Crippen LogP contribution < -0.4 is 10.1 Å². The average Bonchev–Trinajstić information content (AvgIpc) is 3.00. The molecule has 1 amide bonds. The van der Waals surface area contributed by atoms with E-state index in [0.717, 1.165) is 37.1 Å². The first-order valence-electron chi connectivity index (χ1n) is 8.55. The Hall–Kier alpha value is -1.59. The molecule has 0 radical (unpaired) electrons. The maximum Gasteiger partial charge on any atom is 0.234 e. The number of aliphatic hydroxyl groups is 1. The summed E-state index contributed by atoms with van der Waals surface area (Å²) in [5.74, 6) is 0.833. The Labute approximate surface area is 138 Å². The van der Waals surface area contributed by atoms with Crippen molar-refractivity contribution < 1.29 is 14.6 Å². The van der Waals surface area contributed by atoms with Crippen molar-refractivity contribution in [2.45, 2.75) is 45.2 Å². The van der Waals surface area contributed by atoms with Crippen LogP contribution in [0.1, 0.15) is 44.7 Å². The van der Waals surface area contributed by atoms with Crippen LogP contribution in [0.2, 0.25) is 0 Å². The van der Waals surface area contributed by atoms with E-state index in [1.165, 1.54) is 0 Å². The largest absolute Gasteiger partial charge is 0.494 e. The zero-order valence-corrected chi connectivity index (χ0v) is 14.1. The van der Waals surface area contributed by atoms with E-state index in [-0.39, 0.29) is 24.6 Å². The molecule has 1 aliphatic heterocycles. The molecular weight excluding hydrogens is 292 g/mol. The number of aliphatic hydroxyl groups excluding tert-OH is 1. The number of carbonyl (C=O) groups excluding carboxylic acids is 1. The maximum absolute atomic E-state index is 12.4. The second-order valence-corrected chi connectivity index (χ2v) is 5.95. The van der Waals surface area contributed by atoms with Gasteiger partial charge in [-0.2, -0.15) is 0 Å². The zero-order valence-electron chi connectivity index (χ0n) is 14.1. The first-order valence-corrected chi connectivity index (χ1v) is 8.55. The van der Waals surface area contributed by atoms with Crippen molar-refractivity contribution in [2.24, 2.45) is 0 Å². The molecule has 5 nitrogen and oxygen atoms in total. The first-order chi connectivity index (χ1) is 11.2. The molecule has 1 aromatic rings. The molecule has 128 valence electrons. The Bertz CT molecular complexity index is 507. The fourth-order valence-electron chi connectivity index (χ4n) is 3.19. The van der Waals surface area contributed by atoms with Crippen LogP contribution in [0.15, 0.2) is 24.3 Å². The molecule has 5 heteroatoms. The zero-order chi connectivity index (χ0) is 16.7. The van der Waals surface area contributed by atoms with Crippen molar-refractivity contribution in [3.05, 3.63) is 29.8 Å². The van der Waals surface area contributed by atoms with Gasteiger partial charge >= 0.3 is 0 Å². The van der Waals surface area contributed by atoms with Crippen LogP contribution in [-0.4, -0.2) is 48.3 Å². The average molecular weight is 320 g/mol. The third kappa shape index (κ3) is 4.69. The number of nitrogens with zero attached hydrogens (tertiary/aromatic N) is 1. The van der Waals surface area contributed by atoms with E-state index in [2.05, 4.69) is 17.1 Å². The predicted molar refractivity (Wildman–Crippen MR) is 90.5 cm³/mol. The number of carbonyl (C=O) groups is 1. The molecule has 2 unspecified atom stereocenters. The third-order valence-corrected chi connectivity index (χ3v) is 4.39. The highest BCUT2D eigenvalue weighted by atomic mass is 16.5. The van der Waals surface area contributed by atoms with Gasteiger partial charge in [-0.15, -0.1) is 0 Å². The SMILES string of the molecule is CCOc1ccccc1C(CC)NC(=O)CN1CCCC1CO. The summed E-state index contributed by atoms with van der Waals surface area (Å²) >= 11 is 0. The number of hydrogen-bond acceptors (Lipinski definition) is 4. The molecule has 1 heterocycles. The number of likely N-dealkylation sites (tertiary alicyclic amines) is 1. The second kappa shape index (κ2) is 8.89. The minimum Gasteiger partial charge on any atom is -0.494 e. The van der Waals surface area contributed by atoms with Gasteiger partial charge in [0.1, 0.15) is 5.75 Å².